The Bertz CT molecular complexity index is 442. The molecule has 1 rings (SSSR count). The molecule has 3 nitrogen and oxygen atoms in total. The van der Waals surface area contributed by atoms with Gasteiger partial charge in [-0.2, -0.15) is 5.26 Å². The number of amides is 1. The first-order valence-corrected chi connectivity index (χ1v) is 5.23. The molecule has 0 heterocycles. The normalized spacial score (nSPS) is 10.0. The number of hydrogen-bond donors (Lipinski definition) is 0. The van der Waals surface area contributed by atoms with Gasteiger partial charge in [-0.1, -0.05) is 19.9 Å². The highest BCUT2D eigenvalue weighted by Crippen LogP contribution is 2.20. The van der Waals surface area contributed by atoms with Crippen molar-refractivity contribution in [1.82, 2.24) is 4.90 Å². The quantitative estimate of drug-likeness (QED) is 0.761. The number of benzene rings is 1. The molecule has 0 fully saturated rings. The van der Waals surface area contributed by atoms with Gasteiger partial charge in [-0.3, -0.25) is 4.79 Å². The maximum Gasteiger partial charge on any atom is 0.253 e. The molecule has 0 aliphatic heterocycles. The summed E-state index contributed by atoms with van der Waals surface area (Å²) in [6.07, 6.45) is 0. The minimum absolute atomic E-state index is 0.0770. The molecule has 0 aliphatic carbocycles. The number of nitrogens with zero attached hydrogens (tertiary/aromatic N) is 2. The second-order valence-electron chi connectivity index (χ2n) is 4.27. The Balaban J connectivity index is 3.21. The Morgan fingerprint density at radius 1 is 1.38 bits per heavy atom. The summed E-state index contributed by atoms with van der Waals surface area (Å²) in [5.41, 5.74) is 2.13. The average molecular weight is 216 g/mol. The Morgan fingerprint density at radius 3 is 2.44 bits per heavy atom. The van der Waals surface area contributed by atoms with E-state index in [1.807, 2.05) is 19.9 Å². The molecule has 0 aromatic heterocycles. The van der Waals surface area contributed by atoms with E-state index in [4.69, 9.17) is 5.26 Å². The number of carbonyl (C=O) groups excluding carboxylic acids is 1. The van der Waals surface area contributed by atoms with Gasteiger partial charge in [0.05, 0.1) is 11.6 Å². The molecule has 16 heavy (non-hydrogen) atoms. The highest BCUT2D eigenvalue weighted by Gasteiger charge is 2.12. The molecule has 3 heteroatoms. The second kappa shape index (κ2) is 4.80. The van der Waals surface area contributed by atoms with Crippen molar-refractivity contribution in [2.45, 2.75) is 19.8 Å². The highest BCUT2D eigenvalue weighted by molar-refractivity contribution is 5.94. The fraction of sp³-hybridized carbons (Fsp3) is 0.385. The van der Waals surface area contributed by atoms with Gasteiger partial charge in [0.1, 0.15) is 0 Å². The first-order valence-electron chi connectivity index (χ1n) is 5.23. The summed E-state index contributed by atoms with van der Waals surface area (Å²) in [4.78, 5) is 13.2. The third kappa shape index (κ3) is 2.40. The molecule has 0 atom stereocenters. The Hall–Kier alpha value is -1.82. The van der Waals surface area contributed by atoms with Crippen molar-refractivity contribution in [1.29, 1.82) is 5.26 Å². The third-order valence-corrected chi connectivity index (χ3v) is 2.45. The van der Waals surface area contributed by atoms with Gasteiger partial charge in [0.25, 0.3) is 5.91 Å². The fourth-order valence-corrected chi connectivity index (χ4v) is 1.55. The van der Waals surface area contributed by atoms with Crippen molar-refractivity contribution in [3.05, 3.63) is 34.9 Å². The number of rotatable bonds is 2. The molecule has 1 aromatic rings. The largest absolute Gasteiger partial charge is 0.345 e. The zero-order chi connectivity index (χ0) is 12.3. The Kier molecular flexibility index (Phi) is 3.68. The standard InChI is InChI=1S/C13H16N2O/c1-9(2)12-6-5-10(7-11(12)8-14)13(16)15(3)4/h5-7,9H,1-4H3. The van der Waals surface area contributed by atoms with Crippen molar-refractivity contribution in [3.63, 3.8) is 0 Å². The Labute approximate surface area is 96.3 Å². The van der Waals surface area contributed by atoms with Crippen LogP contribution in [0.4, 0.5) is 0 Å². The van der Waals surface area contributed by atoms with E-state index in [0.29, 0.717) is 11.1 Å². The van der Waals surface area contributed by atoms with Crippen LogP contribution >= 0.6 is 0 Å². The second-order valence-corrected chi connectivity index (χ2v) is 4.27. The van der Waals surface area contributed by atoms with Crippen molar-refractivity contribution in [2.24, 2.45) is 0 Å². The molecular weight excluding hydrogens is 200 g/mol. The lowest BCUT2D eigenvalue weighted by Crippen LogP contribution is -2.21. The van der Waals surface area contributed by atoms with Crippen LogP contribution in [0.5, 0.6) is 0 Å². The van der Waals surface area contributed by atoms with Crippen LogP contribution in [0.15, 0.2) is 18.2 Å². The zero-order valence-corrected chi connectivity index (χ0v) is 10.1. The van der Waals surface area contributed by atoms with Crippen LogP contribution in [0, 0.1) is 11.3 Å². The van der Waals surface area contributed by atoms with E-state index in [-0.39, 0.29) is 11.8 Å². The first-order chi connectivity index (χ1) is 7.47. The van der Waals surface area contributed by atoms with Gasteiger partial charge in [-0.15, -0.1) is 0 Å². The van der Waals surface area contributed by atoms with Crippen LogP contribution in [0.2, 0.25) is 0 Å². The van der Waals surface area contributed by atoms with Crippen LogP contribution in [0.3, 0.4) is 0 Å². The van der Waals surface area contributed by atoms with Crippen molar-refractivity contribution >= 4 is 5.91 Å². The lowest BCUT2D eigenvalue weighted by molar-refractivity contribution is 0.0827. The molecule has 84 valence electrons. The summed E-state index contributed by atoms with van der Waals surface area (Å²) in [5, 5.41) is 9.04. The minimum atomic E-state index is -0.0770. The molecule has 0 saturated heterocycles. The summed E-state index contributed by atoms with van der Waals surface area (Å²) in [7, 11) is 3.40. The molecule has 0 aliphatic rings. The lowest BCUT2D eigenvalue weighted by atomic mass is 9.96. The van der Waals surface area contributed by atoms with Gasteiger partial charge in [0.2, 0.25) is 0 Å². The van der Waals surface area contributed by atoms with E-state index in [9.17, 15) is 4.79 Å². The number of nitriles is 1. The maximum absolute atomic E-state index is 11.7. The van der Waals surface area contributed by atoms with Crippen LogP contribution in [0.25, 0.3) is 0 Å². The summed E-state index contributed by atoms with van der Waals surface area (Å²) in [5.74, 6) is 0.213. The van der Waals surface area contributed by atoms with Gasteiger partial charge in [0.15, 0.2) is 0 Å². The van der Waals surface area contributed by atoms with E-state index < -0.39 is 0 Å². The van der Waals surface area contributed by atoms with Gasteiger partial charge in [-0.05, 0) is 23.6 Å². The van der Waals surface area contributed by atoms with Crippen LogP contribution in [-0.2, 0) is 0 Å². The van der Waals surface area contributed by atoms with Crippen LogP contribution < -0.4 is 0 Å². The first kappa shape index (κ1) is 12.3. The van der Waals surface area contributed by atoms with Crippen LogP contribution in [0.1, 0.15) is 41.3 Å². The smallest absolute Gasteiger partial charge is 0.253 e. The monoisotopic (exact) mass is 216 g/mol. The molecule has 1 amide bonds. The number of carbonyl (C=O) groups is 1. The molecular formula is C13H16N2O. The van der Waals surface area contributed by atoms with Gasteiger partial charge in [-0.25, -0.2) is 0 Å². The molecule has 0 radical (unpaired) electrons. The van der Waals surface area contributed by atoms with Gasteiger partial charge < -0.3 is 4.90 Å². The van der Waals surface area contributed by atoms with Crippen LogP contribution in [-0.4, -0.2) is 24.9 Å². The predicted molar refractivity (Wildman–Crippen MR) is 63.3 cm³/mol. The zero-order valence-electron chi connectivity index (χ0n) is 10.1. The summed E-state index contributed by atoms with van der Waals surface area (Å²) in [6, 6.07) is 7.44. The van der Waals surface area contributed by atoms with Crippen molar-refractivity contribution in [2.75, 3.05) is 14.1 Å². The molecule has 0 bridgehead atoms. The molecule has 0 unspecified atom stereocenters. The maximum atomic E-state index is 11.7. The SMILES string of the molecule is CC(C)c1ccc(C(=O)N(C)C)cc1C#N. The summed E-state index contributed by atoms with van der Waals surface area (Å²) >= 11 is 0. The summed E-state index contributed by atoms with van der Waals surface area (Å²) < 4.78 is 0. The minimum Gasteiger partial charge on any atom is -0.345 e. The highest BCUT2D eigenvalue weighted by atomic mass is 16.2. The lowest BCUT2D eigenvalue weighted by Gasteiger charge is -2.13. The van der Waals surface area contributed by atoms with Crippen molar-refractivity contribution in [3.8, 4) is 6.07 Å². The van der Waals surface area contributed by atoms with Gasteiger partial charge in [0, 0.05) is 19.7 Å². The summed E-state index contributed by atoms with van der Waals surface area (Å²) in [6.45, 7) is 4.06. The van der Waals surface area contributed by atoms with E-state index in [0.717, 1.165) is 5.56 Å². The fourth-order valence-electron chi connectivity index (χ4n) is 1.55. The topological polar surface area (TPSA) is 44.1 Å². The number of hydrogen-bond acceptors (Lipinski definition) is 2. The van der Waals surface area contributed by atoms with E-state index in [2.05, 4.69) is 6.07 Å². The molecule has 0 spiro atoms. The van der Waals surface area contributed by atoms with Crippen molar-refractivity contribution < 1.29 is 4.79 Å². The van der Waals surface area contributed by atoms with Gasteiger partial charge >= 0.3 is 0 Å². The van der Waals surface area contributed by atoms with E-state index in [1.165, 1.54) is 4.90 Å². The molecule has 1 aromatic carbocycles. The average Bonchev–Trinajstić information content (AvgIpc) is 2.26. The van der Waals surface area contributed by atoms with E-state index >= 15 is 0 Å². The predicted octanol–water partition coefficient (Wildman–Crippen LogP) is 2.38. The molecule has 0 N–H and O–H groups in total. The Morgan fingerprint density at radius 2 is 2.00 bits per heavy atom. The molecule has 0 saturated carbocycles. The van der Waals surface area contributed by atoms with E-state index in [1.54, 1.807) is 26.2 Å². The third-order valence-electron chi connectivity index (χ3n) is 2.45.